The molecule has 0 aliphatic rings. The second-order valence-corrected chi connectivity index (χ2v) is 4.09. The van der Waals surface area contributed by atoms with Gasteiger partial charge in [0.05, 0.1) is 17.4 Å². The molecule has 3 aromatic rings. The molecular weight excluding hydrogens is 226 g/mol. The zero-order chi connectivity index (χ0) is 12.7. The molecule has 0 saturated heterocycles. The number of aromatic nitrogens is 3. The van der Waals surface area contributed by atoms with E-state index in [1.807, 2.05) is 28.8 Å². The lowest BCUT2D eigenvalue weighted by Gasteiger charge is -2.11. The van der Waals surface area contributed by atoms with Crippen LogP contribution in [0.3, 0.4) is 0 Å². The van der Waals surface area contributed by atoms with E-state index in [2.05, 4.69) is 16.5 Å². The molecule has 2 aromatic heterocycles. The van der Waals surface area contributed by atoms with E-state index in [0.717, 1.165) is 16.4 Å². The van der Waals surface area contributed by atoms with Gasteiger partial charge in [0.1, 0.15) is 11.7 Å². The summed E-state index contributed by atoms with van der Waals surface area (Å²) in [7, 11) is 0. The summed E-state index contributed by atoms with van der Waals surface area (Å²) >= 11 is 0. The number of benzene rings is 1. The molecule has 0 spiro atoms. The van der Waals surface area contributed by atoms with Crippen molar-refractivity contribution in [2.45, 2.75) is 6.17 Å². The number of nitrogens with two attached hydrogens (primary N) is 2. The summed E-state index contributed by atoms with van der Waals surface area (Å²) in [6.07, 6.45) is 2.99. The van der Waals surface area contributed by atoms with Gasteiger partial charge < -0.3 is 16.0 Å². The lowest BCUT2D eigenvalue weighted by molar-refractivity contribution is 0.652. The van der Waals surface area contributed by atoms with Gasteiger partial charge in [-0.25, -0.2) is 9.97 Å². The topological polar surface area (TPSA) is 82.8 Å². The number of imidazole rings is 1. The molecule has 0 amide bonds. The molecule has 0 fully saturated rings. The first-order valence-corrected chi connectivity index (χ1v) is 5.61. The van der Waals surface area contributed by atoms with Crippen LogP contribution in [0.4, 0.5) is 5.82 Å². The molecule has 4 N–H and O–H groups in total. The number of anilines is 1. The zero-order valence-corrected chi connectivity index (χ0v) is 9.74. The van der Waals surface area contributed by atoms with Gasteiger partial charge in [0, 0.05) is 5.39 Å². The number of para-hydroxylation sites is 1. The first-order chi connectivity index (χ1) is 8.72. The highest BCUT2D eigenvalue weighted by molar-refractivity contribution is 6.06. The number of hydrogen-bond donors (Lipinski definition) is 2. The second-order valence-electron chi connectivity index (χ2n) is 4.09. The van der Waals surface area contributed by atoms with E-state index in [4.69, 9.17) is 11.5 Å². The van der Waals surface area contributed by atoms with Gasteiger partial charge in [0.15, 0.2) is 5.82 Å². The summed E-state index contributed by atoms with van der Waals surface area (Å²) in [6.45, 7) is 3.71. The summed E-state index contributed by atoms with van der Waals surface area (Å²) in [4.78, 5) is 8.62. The van der Waals surface area contributed by atoms with Gasteiger partial charge >= 0.3 is 0 Å². The Morgan fingerprint density at radius 3 is 2.89 bits per heavy atom. The van der Waals surface area contributed by atoms with E-state index in [-0.39, 0.29) is 6.17 Å². The lowest BCUT2D eigenvalue weighted by Crippen LogP contribution is -2.14. The standard InChI is InChI=1S/C13H13N5/c1-2-10(14)18-7-16-11-12(18)8-5-3-4-6-9(8)17-13(11)15/h2-7,10H,1,14H2,(H2,15,17). The number of pyridine rings is 1. The first-order valence-electron chi connectivity index (χ1n) is 5.61. The van der Waals surface area contributed by atoms with Crippen molar-refractivity contribution in [3.63, 3.8) is 0 Å². The predicted octanol–water partition coefficient (Wildman–Crippen LogP) is 1.81. The minimum Gasteiger partial charge on any atom is -0.382 e. The molecule has 90 valence electrons. The fraction of sp³-hybridized carbons (Fsp3) is 0.0769. The van der Waals surface area contributed by atoms with Crippen LogP contribution in [0.15, 0.2) is 43.2 Å². The molecule has 0 saturated carbocycles. The van der Waals surface area contributed by atoms with E-state index < -0.39 is 0 Å². The highest BCUT2D eigenvalue weighted by Crippen LogP contribution is 2.28. The number of nitrogens with zero attached hydrogens (tertiary/aromatic N) is 3. The smallest absolute Gasteiger partial charge is 0.152 e. The third kappa shape index (κ3) is 1.38. The summed E-state index contributed by atoms with van der Waals surface area (Å²) < 4.78 is 1.85. The molecular formula is C13H13N5. The quantitative estimate of drug-likeness (QED) is 0.668. The maximum atomic E-state index is 5.99. The zero-order valence-electron chi connectivity index (χ0n) is 9.74. The van der Waals surface area contributed by atoms with Crippen molar-refractivity contribution < 1.29 is 0 Å². The van der Waals surface area contributed by atoms with Crippen LogP contribution < -0.4 is 11.5 Å². The molecule has 1 unspecified atom stereocenters. The molecule has 3 rings (SSSR count). The Hall–Kier alpha value is -2.40. The number of nitrogen functional groups attached to an aromatic ring is 1. The van der Waals surface area contributed by atoms with Gasteiger partial charge in [-0.15, -0.1) is 0 Å². The fourth-order valence-corrected chi connectivity index (χ4v) is 2.11. The Balaban J connectivity index is 2.51. The van der Waals surface area contributed by atoms with Crippen LogP contribution in [0.2, 0.25) is 0 Å². The molecule has 0 bridgehead atoms. The Labute approximate surface area is 104 Å². The van der Waals surface area contributed by atoms with E-state index >= 15 is 0 Å². The Morgan fingerprint density at radius 2 is 2.11 bits per heavy atom. The molecule has 18 heavy (non-hydrogen) atoms. The van der Waals surface area contributed by atoms with Crippen molar-refractivity contribution in [2.24, 2.45) is 5.73 Å². The van der Waals surface area contributed by atoms with Crippen molar-refractivity contribution in [2.75, 3.05) is 5.73 Å². The third-order valence-corrected chi connectivity index (χ3v) is 3.00. The van der Waals surface area contributed by atoms with Crippen molar-refractivity contribution in [1.29, 1.82) is 0 Å². The van der Waals surface area contributed by atoms with Crippen LogP contribution in [0.1, 0.15) is 6.17 Å². The van der Waals surface area contributed by atoms with Gasteiger partial charge in [0.2, 0.25) is 0 Å². The summed E-state index contributed by atoms with van der Waals surface area (Å²) in [5, 5.41) is 0.983. The summed E-state index contributed by atoms with van der Waals surface area (Å²) in [5.74, 6) is 0.415. The van der Waals surface area contributed by atoms with Gasteiger partial charge in [-0.05, 0) is 6.07 Å². The van der Waals surface area contributed by atoms with Crippen LogP contribution in [0.5, 0.6) is 0 Å². The summed E-state index contributed by atoms with van der Waals surface area (Å²) in [6, 6.07) is 7.78. The molecule has 5 nitrogen and oxygen atoms in total. The molecule has 5 heteroatoms. The number of fused-ring (bicyclic) bond motifs is 3. The third-order valence-electron chi connectivity index (χ3n) is 3.00. The second kappa shape index (κ2) is 3.82. The highest BCUT2D eigenvalue weighted by Gasteiger charge is 2.13. The molecule has 0 aliphatic heterocycles. The van der Waals surface area contributed by atoms with E-state index in [0.29, 0.717) is 11.3 Å². The summed E-state index contributed by atoms with van der Waals surface area (Å²) in [5.41, 5.74) is 14.3. The number of hydrogen-bond acceptors (Lipinski definition) is 4. The number of rotatable bonds is 2. The van der Waals surface area contributed by atoms with E-state index in [1.165, 1.54) is 0 Å². The SMILES string of the molecule is C=CC(N)n1cnc2c(N)nc3ccccc3c21. The predicted molar refractivity (Wildman–Crippen MR) is 72.9 cm³/mol. The average Bonchev–Trinajstić information content (AvgIpc) is 2.83. The highest BCUT2D eigenvalue weighted by atomic mass is 15.1. The van der Waals surface area contributed by atoms with E-state index in [9.17, 15) is 0 Å². The minimum absolute atomic E-state index is 0.333. The maximum absolute atomic E-state index is 5.99. The van der Waals surface area contributed by atoms with Crippen LogP contribution in [0, 0.1) is 0 Å². The molecule has 0 radical (unpaired) electrons. The van der Waals surface area contributed by atoms with Crippen molar-refractivity contribution >= 4 is 27.8 Å². The fourth-order valence-electron chi connectivity index (χ4n) is 2.11. The Bertz CT molecular complexity index is 744. The van der Waals surface area contributed by atoms with Crippen LogP contribution >= 0.6 is 0 Å². The van der Waals surface area contributed by atoms with Crippen molar-refractivity contribution in [3.05, 3.63) is 43.2 Å². The Kier molecular flexibility index (Phi) is 2.28. The van der Waals surface area contributed by atoms with Crippen LogP contribution in [0.25, 0.3) is 21.9 Å². The average molecular weight is 239 g/mol. The molecule has 2 heterocycles. The van der Waals surface area contributed by atoms with Crippen molar-refractivity contribution in [1.82, 2.24) is 14.5 Å². The van der Waals surface area contributed by atoms with Gasteiger partial charge in [-0.3, -0.25) is 0 Å². The molecule has 1 aromatic carbocycles. The van der Waals surface area contributed by atoms with Gasteiger partial charge in [-0.1, -0.05) is 30.9 Å². The van der Waals surface area contributed by atoms with Crippen molar-refractivity contribution in [3.8, 4) is 0 Å². The normalized spacial score (nSPS) is 12.9. The molecule has 1 atom stereocenters. The minimum atomic E-state index is -0.333. The van der Waals surface area contributed by atoms with Gasteiger partial charge in [-0.2, -0.15) is 0 Å². The Morgan fingerprint density at radius 1 is 1.33 bits per heavy atom. The monoisotopic (exact) mass is 239 g/mol. The van der Waals surface area contributed by atoms with Crippen LogP contribution in [-0.4, -0.2) is 14.5 Å². The van der Waals surface area contributed by atoms with Gasteiger partial charge in [0.25, 0.3) is 0 Å². The lowest BCUT2D eigenvalue weighted by atomic mass is 10.2. The van der Waals surface area contributed by atoms with Crippen LogP contribution in [-0.2, 0) is 0 Å². The largest absolute Gasteiger partial charge is 0.382 e. The first kappa shape index (κ1) is 10.7. The maximum Gasteiger partial charge on any atom is 0.152 e. The molecule has 0 aliphatic carbocycles. The van der Waals surface area contributed by atoms with E-state index in [1.54, 1.807) is 12.4 Å².